The first-order valence-corrected chi connectivity index (χ1v) is 6.31. The number of ether oxygens (including phenoxy) is 2. The predicted octanol–water partition coefficient (Wildman–Crippen LogP) is 1.30. The quantitative estimate of drug-likeness (QED) is 0.867. The van der Waals surface area contributed by atoms with Crippen molar-refractivity contribution in [1.82, 2.24) is 5.32 Å². The largest absolute Gasteiger partial charge is 0.486 e. The van der Waals surface area contributed by atoms with Gasteiger partial charge in [0.1, 0.15) is 13.2 Å². The second kappa shape index (κ2) is 5.40. The Bertz CT molecular complexity index is 538. The first kappa shape index (κ1) is 14.2. The molecule has 2 rings (SSSR count). The van der Waals surface area contributed by atoms with Gasteiger partial charge in [-0.25, -0.2) is 0 Å². The highest BCUT2D eigenvalue weighted by molar-refractivity contribution is 5.95. The zero-order valence-corrected chi connectivity index (χ0v) is 11.4. The Labute approximate surface area is 116 Å². The molecule has 1 aromatic rings. The summed E-state index contributed by atoms with van der Waals surface area (Å²) in [5.41, 5.74) is -0.598. The number of hydrogen-bond acceptors (Lipinski definition) is 4. The highest BCUT2D eigenvalue weighted by atomic mass is 16.6. The third-order valence-corrected chi connectivity index (χ3v) is 3.07. The molecule has 0 unspecified atom stereocenters. The van der Waals surface area contributed by atoms with Crippen LogP contribution in [0.4, 0.5) is 0 Å². The van der Waals surface area contributed by atoms with Crippen LogP contribution in [-0.4, -0.2) is 36.7 Å². The number of amides is 1. The van der Waals surface area contributed by atoms with Gasteiger partial charge in [-0.3, -0.25) is 9.59 Å². The number of benzene rings is 1. The van der Waals surface area contributed by atoms with Crippen LogP contribution < -0.4 is 14.8 Å². The summed E-state index contributed by atoms with van der Waals surface area (Å²) in [5, 5.41) is 11.6. The van der Waals surface area contributed by atoms with Crippen molar-refractivity contribution in [3.63, 3.8) is 0 Å². The van der Waals surface area contributed by atoms with Gasteiger partial charge in [-0.1, -0.05) is 0 Å². The summed E-state index contributed by atoms with van der Waals surface area (Å²) in [6, 6.07) is 4.89. The van der Waals surface area contributed by atoms with Crippen LogP contribution in [0.2, 0.25) is 0 Å². The van der Waals surface area contributed by atoms with E-state index in [1.165, 1.54) is 0 Å². The normalized spacial score (nSPS) is 13.7. The van der Waals surface area contributed by atoms with Crippen LogP contribution in [0.15, 0.2) is 18.2 Å². The van der Waals surface area contributed by atoms with Crippen molar-refractivity contribution in [2.75, 3.05) is 19.8 Å². The summed E-state index contributed by atoms with van der Waals surface area (Å²) in [4.78, 5) is 23.0. The molecule has 0 spiro atoms. The first-order chi connectivity index (χ1) is 9.40. The molecular weight excluding hydrogens is 262 g/mol. The molecule has 0 radical (unpaired) electrons. The van der Waals surface area contributed by atoms with Crippen LogP contribution in [0.1, 0.15) is 24.2 Å². The second-order valence-electron chi connectivity index (χ2n) is 5.23. The molecule has 1 heterocycles. The topological polar surface area (TPSA) is 84.9 Å². The minimum Gasteiger partial charge on any atom is -0.486 e. The lowest BCUT2D eigenvalue weighted by molar-refractivity contribution is -0.146. The zero-order valence-electron chi connectivity index (χ0n) is 11.4. The summed E-state index contributed by atoms with van der Waals surface area (Å²) < 4.78 is 10.8. The Kier molecular flexibility index (Phi) is 3.83. The Morgan fingerprint density at radius 3 is 2.55 bits per heavy atom. The van der Waals surface area contributed by atoms with Crippen molar-refractivity contribution in [1.29, 1.82) is 0 Å². The molecule has 0 atom stereocenters. The number of aliphatic carboxylic acids is 1. The van der Waals surface area contributed by atoms with E-state index in [1.807, 2.05) is 0 Å². The van der Waals surface area contributed by atoms with Crippen LogP contribution in [0.5, 0.6) is 11.5 Å². The van der Waals surface area contributed by atoms with Gasteiger partial charge in [0.05, 0.1) is 5.41 Å². The standard InChI is InChI=1S/C14H17NO5/c1-14(2,13(17)18)8-15-12(16)9-3-4-10-11(7-9)20-6-5-19-10/h3-4,7H,5-6,8H2,1-2H3,(H,15,16)(H,17,18). The summed E-state index contributed by atoms with van der Waals surface area (Å²) >= 11 is 0. The van der Waals surface area contributed by atoms with Crippen molar-refractivity contribution < 1.29 is 24.2 Å². The van der Waals surface area contributed by atoms with Crippen LogP contribution in [0.3, 0.4) is 0 Å². The molecule has 1 aromatic carbocycles. The van der Waals surface area contributed by atoms with Crippen LogP contribution >= 0.6 is 0 Å². The third-order valence-electron chi connectivity index (χ3n) is 3.07. The van der Waals surface area contributed by atoms with Gasteiger partial charge in [-0.2, -0.15) is 0 Å². The van der Waals surface area contributed by atoms with Crippen molar-refractivity contribution >= 4 is 11.9 Å². The maximum absolute atomic E-state index is 12.0. The molecule has 1 aliphatic rings. The van der Waals surface area contributed by atoms with Crippen LogP contribution in [0, 0.1) is 5.41 Å². The second-order valence-corrected chi connectivity index (χ2v) is 5.23. The van der Waals surface area contributed by atoms with Crippen molar-refractivity contribution in [2.24, 2.45) is 5.41 Å². The summed E-state index contributed by atoms with van der Waals surface area (Å²) in [5.74, 6) is -0.156. The molecule has 0 bridgehead atoms. The lowest BCUT2D eigenvalue weighted by atomic mass is 9.94. The summed E-state index contributed by atoms with van der Waals surface area (Å²) in [7, 11) is 0. The minimum absolute atomic E-state index is 0.0512. The maximum Gasteiger partial charge on any atom is 0.310 e. The van der Waals surface area contributed by atoms with Gasteiger partial charge >= 0.3 is 5.97 Å². The number of carbonyl (C=O) groups excluding carboxylic acids is 1. The van der Waals surface area contributed by atoms with Gasteiger partial charge in [0, 0.05) is 12.1 Å². The van der Waals surface area contributed by atoms with Crippen LogP contribution in [0.25, 0.3) is 0 Å². The van der Waals surface area contributed by atoms with E-state index in [-0.39, 0.29) is 12.5 Å². The number of carboxylic acid groups (broad SMARTS) is 1. The van der Waals surface area contributed by atoms with E-state index in [4.69, 9.17) is 14.6 Å². The zero-order chi connectivity index (χ0) is 14.8. The van der Waals surface area contributed by atoms with Crippen LogP contribution in [-0.2, 0) is 4.79 Å². The number of rotatable bonds is 4. The summed E-state index contributed by atoms with van der Waals surface area (Å²) in [6.07, 6.45) is 0. The Morgan fingerprint density at radius 2 is 1.90 bits per heavy atom. The minimum atomic E-state index is -1.01. The monoisotopic (exact) mass is 279 g/mol. The smallest absolute Gasteiger partial charge is 0.310 e. The molecule has 6 nitrogen and oxygen atoms in total. The fourth-order valence-electron chi connectivity index (χ4n) is 1.66. The average Bonchev–Trinajstić information content (AvgIpc) is 2.44. The lowest BCUT2D eigenvalue weighted by Crippen LogP contribution is -2.38. The van der Waals surface area contributed by atoms with Gasteiger partial charge < -0.3 is 19.9 Å². The number of hydrogen-bond donors (Lipinski definition) is 2. The molecule has 2 N–H and O–H groups in total. The SMILES string of the molecule is CC(C)(CNC(=O)c1ccc2c(c1)OCCO2)C(=O)O. The number of carboxylic acids is 1. The molecular formula is C14H17NO5. The van der Waals surface area contributed by atoms with E-state index in [2.05, 4.69) is 5.32 Å². The number of carbonyl (C=O) groups is 2. The highest BCUT2D eigenvalue weighted by Gasteiger charge is 2.27. The average molecular weight is 279 g/mol. The molecule has 108 valence electrons. The fraction of sp³-hybridized carbons (Fsp3) is 0.429. The summed E-state index contributed by atoms with van der Waals surface area (Å²) in [6.45, 7) is 4.10. The van der Waals surface area contributed by atoms with E-state index >= 15 is 0 Å². The molecule has 0 aromatic heterocycles. The molecule has 1 amide bonds. The molecule has 0 saturated carbocycles. The van der Waals surface area contributed by atoms with Gasteiger partial charge in [0.15, 0.2) is 11.5 Å². The molecule has 0 fully saturated rings. The highest BCUT2D eigenvalue weighted by Crippen LogP contribution is 2.30. The number of nitrogens with one attached hydrogen (secondary N) is 1. The third kappa shape index (κ3) is 3.01. The van der Waals surface area contributed by atoms with Crippen molar-refractivity contribution in [3.05, 3.63) is 23.8 Å². The van der Waals surface area contributed by atoms with Crippen molar-refractivity contribution in [2.45, 2.75) is 13.8 Å². The Hall–Kier alpha value is -2.24. The van der Waals surface area contributed by atoms with Gasteiger partial charge in [0.25, 0.3) is 5.91 Å². The number of fused-ring (bicyclic) bond motifs is 1. The lowest BCUT2D eigenvalue weighted by Gasteiger charge is -2.21. The Balaban J connectivity index is 2.04. The van der Waals surface area contributed by atoms with E-state index in [0.29, 0.717) is 30.3 Å². The van der Waals surface area contributed by atoms with E-state index in [1.54, 1.807) is 32.0 Å². The van der Waals surface area contributed by atoms with Crippen molar-refractivity contribution in [3.8, 4) is 11.5 Å². The maximum atomic E-state index is 12.0. The first-order valence-electron chi connectivity index (χ1n) is 6.31. The van der Waals surface area contributed by atoms with Gasteiger partial charge in [-0.05, 0) is 32.0 Å². The fourth-order valence-corrected chi connectivity index (χ4v) is 1.66. The predicted molar refractivity (Wildman–Crippen MR) is 71.2 cm³/mol. The van der Waals surface area contributed by atoms with E-state index < -0.39 is 11.4 Å². The van der Waals surface area contributed by atoms with E-state index in [9.17, 15) is 9.59 Å². The molecule has 0 aliphatic carbocycles. The van der Waals surface area contributed by atoms with Gasteiger partial charge in [0.2, 0.25) is 0 Å². The molecule has 6 heteroatoms. The molecule has 0 saturated heterocycles. The Morgan fingerprint density at radius 1 is 1.25 bits per heavy atom. The molecule has 1 aliphatic heterocycles. The van der Waals surface area contributed by atoms with E-state index in [0.717, 1.165) is 0 Å². The molecule has 20 heavy (non-hydrogen) atoms. The van der Waals surface area contributed by atoms with Gasteiger partial charge in [-0.15, -0.1) is 0 Å².